The zero-order chi connectivity index (χ0) is 11.4. The van der Waals surface area contributed by atoms with E-state index in [4.69, 9.17) is 16.3 Å². The predicted octanol–water partition coefficient (Wildman–Crippen LogP) is 2.87. The molecule has 0 bridgehead atoms. The second-order valence-corrected chi connectivity index (χ2v) is 3.21. The highest BCUT2D eigenvalue weighted by atomic mass is 35.5. The van der Waals surface area contributed by atoms with Gasteiger partial charge in [-0.25, -0.2) is 4.39 Å². The Bertz CT molecular complexity index is 408. The van der Waals surface area contributed by atoms with E-state index in [0.717, 1.165) is 18.2 Å². The number of halogens is 2. The molecule has 0 amide bonds. The van der Waals surface area contributed by atoms with Crippen molar-refractivity contribution < 1.29 is 14.1 Å². The van der Waals surface area contributed by atoms with Crippen LogP contribution in [0, 0.1) is 15.9 Å². The molecule has 0 aliphatic heterocycles. The summed E-state index contributed by atoms with van der Waals surface area (Å²) < 4.78 is 17.7. The van der Waals surface area contributed by atoms with Crippen LogP contribution in [0.25, 0.3) is 0 Å². The maximum Gasteiger partial charge on any atom is 0.311 e. The first kappa shape index (κ1) is 11.5. The molecule has 0 heterocycles. The van der Waals surface area contributed by atoms with Crippen molar-refractivity contribution in [2.24, 2.45) is 0 Å². The molecule has 0 unspecified atom stereocenters. The van der Waals surface area contributed by atoms with Gasteiger partial charge in [-0.15, -0.1) is 0 Å². The van der Waals surface area contributed by atoms with Crippen LogP contribution in [0.15, 0.2) is 29.8 Å². The molecule has 0 aliphatic rings. The number of nitro groups is 1. The van der Waals surface area contributed by atoms with Crippen LogP contribution in [-0.2, 0) is 0 Å². The van der Waals surface area contributed by atoms with Gasteiger partial charge in [0, 0.05) is 17.2 Å². The number of nitrogens with zero attached hydrogens (tertiary/aromatic N) is 1. The Labute approximate surface area is 90.1 Å². The standard InChI is InChI=1S/C9H7ClFNO3/c1-6(10)5-15-9-4-7(11)2-3-8(9)12(13)14/h2-4H,1,5H2. The van der Waals surface area contributed by atoms with E-state index in [1.165, 1.54) is 0 Å². The largest absolute Gasteiger partial charge is 0.481 e. The fraction of sp³-hybridized carbons (Fsp3) is 0.111. The summed E-state index contributed by atoms with van der Waals surface area (Å²) in [4.78, 5) is 9.86. The van der Waals surface area contributed by atoms with Gasteiger partial charge in [0.1, 0.15) is 12.4 Å². The third-order valence-corrected chi connectivity index (χ3v) is 1.61. The fourth-order valence-corrected chi connectivity index (χ4v) is 0.965. The summed E-state index contributed by atoms with van der Waals surface area (Å²) >= 11 is 5.42. The third-order valence-electron chi connectivity index (χ3n) is 1.50. The highest BCUT2D eigenvalue weighted by Gasteiger charge is 2.15. The first-order chi connectivity index (χ1) is 7.00. The maximum atomic E-state index is 12.8. The average molecular weight is 232 g/mol. The smallest absolute Gasteiger partial charge is 0.311 e. The predicted molar refractivity (Wildman–Crippen MR) is 53.5 cm³/mol. The highest BCUT2D eigenvalue weighted by molar-refractivity contribution is 6.29. The van der Waals surface area contributed by atoms with E-state index in [-0.39, 0.29) is 23.1 Å². The van der Waals surface area contributed by atoms with Crippen LogP contribution in [0.2, 0.25) is 0 Å². The van der Waals surface area contributed by atoms with Gasteiger partial charge in [0.25, 0.3) is 0 Å². The molecule has 1 rings (SSSR count). The fourth-order valence-electron chi connectivity index (χ4n) is 0.910. The Morgan fingerprint density at radius 3 is 2.87 bits per heavy atom. The minimum atomic E-state index is -0.661. The normalized spacial score (nSPS) is 9.73. The van der Waals surface area contributed by atoms with Crippen LogP contribution in [0.1, 0.15) is 0 Å². The molecule has 0 atom stereocenters. The van der Waals surface area contributed by atoms with E-state index in [0.29, 0.717) is 0 Å². The van der Waals surface area contributed by atoms with Gasteiger partial charge in [0.2, 0.25) is 0 Å². The van der Waals surface area contributed by atoms with Crippen molar-refractivity contribution in [3.63, 3.8) is 0 Å². The quantitative estimate of drug-likeness (QED) is 0.591. The number of rotatable bonds is 4. The van der Waals surface area contributed by atoms with Crippen LogP contribution in [0.3, 0.4) is 0 Å². The van der Waals surface area contributed by atoms with Gasteiger partial charge in [-0.05, 0) is 6.07 Å². The summed E-state index contributed by atoms with van der Waals surface area (Å²) in [5.74, 6) is -0.780. The van der Waals surface area contributed by atoms with Crippen molar-refractivity contribution in [2.75, 3.05) is 6.61 Å². The van der Waals surface area contributed by atoms with E-state index in [9.17, 15) is 14.5 Å². The highest BCUT2D eigenvalue weighted by Crippen LogP contribution is 2.27. The van der Waals surface area contributed by atoms with Crippen molar-refractivity contribution in [1.29, 1.82) is 0 Å². The zero-order valence-corrected chi connectivity index (χ0v) is 8.33. The molecule has 15 heavy (non-hydrogen) atoms. The van der Waals surface area contributed by atoms with E-state index >= 15 is 0 Å². The van der Waals surface area contributed by atoms with E-state index in [1.54, 1.807) is 0 Å². The number of benzene rings is 1. The molecule has 80 valence electrons. The summed E-state index contributed by atoms with van der Waals surface area (Å²) in [7, 11) is 0. The zero-order valence-electron chi connectivity index (χ0n) is 7.57. The molecule has 6 heteroatoms. The molecule has 0 radical (unpaired) electrons. The van der Waals surface area contributed by atoms with Crippen LogP contribution >= 0.6 is 11.6 Å². The van der Waals surface area contributed by atoms with Crippen molar-refractivity contribution in [3.05, 3.63) is 45.7 Å². The average Bonchev–Trinajstić information content (AvgIpc) is 2.14. The van der Waals surface area contributed by atoms with E-state index in [2.05, 4.69) is 6.58 Å². The number of nitro benzene ring substituents is 1. The molecule has 0 fully saturated rings. The lowest BCUT2D eigenvalue weighted by atomic mass is 10.3. The lowest BCUT2D eigenvalue weighted by Crippen LogP contribution is -2.00. The Hall–Kier alpha value is -1.62. The summed E-state index contributed by atoms with van der Waals surface area (Å²) in [6, 6.07) is 2.94. The van der Waals surface area contributed by atoms with Crippen molar-refractivity contribution >= 4 is 17.3 Å². The maximum absolute atomic E-state index is 12.8. The lowest BCUT2D eigenvalue weighted by molar-refractivity contribution is -0.385. The first-order valence-corrected chi connectivity index (χ1v) is 4.28. The Morgan fingerprint density at radius 2 is 2.33 bits per heavy atom. The van der Waals surface area contributed by atoms with Crippen LogP contribution < -0.4 is 4.74 Å². The number of hydrogen-bond acceptors (Lipinski definition) is 3. The van der Waals surface area contributed by atoms with E-state index < -0.39 is 10.7 Å². The molecular formula is C9H7ClFNO3. The molecule has 0 saturated carbocycles. The molecule has 0 saturated heterocycles. The van der Waals surface area contributed by atoms with Gasteiger partial charge in [-0.3, -0.25) is 10.1 Å². The SMILES string of the molecule is C=C(Cl)COc1cc(F)ccc1[N+](=O)[O-]. The topological polar surface area (TPSA) is 52.4 Å². The molecule has 4 nitrogen and oxygen atoms in total. The van der Waals surface area contributed by atoms with Gasteiger partial charge in [-0.1, -0.05) is 18.2 Å². The van der Waals surface area contributed by atoms with E-state index in [1.807, 2.05) is 0 Å². The molecule has 0 N–H and O–H groups in total. The number of ether oxygens (including phenoxy) is 1. The second kappa shape index (κ2) is 4.75. The molecule has 1 aromatic carbocycles. The number of hydrogen-bond donors (Lipinski definition) is 0. The Morgan fingerprint density at radius 1 is 1.67 bits per heavy atom. The minimum Gasteiger partial charge on any atom is -0.481 e. The second-order valence-electron chi connectivity index (χ2n) is 2.68. The van der Waals surface area contributed by atoms with Gasteiger partial charge >= 0.3 is 5.69 Å². The van der Waals surface area contributed by atoms with Crippen LogP contribution in [0.4, 0.5) is 10.1 Å². The van der Waals surface area contributed by atoms with Crippen LogP contribution in [0.5, 0.6) is 5.75 Å². The van der Waals surface area contributed by atoms with Gasteiger partial charge in [-0.2, -0.15) is 0 Å². The van der Waals surface area contributed by atoms with Crippen molar-refractivity contribution in [2.45, 2.75) is 0 Å². The Kier molecular flexibility index (Phi) is 3.62. The molecule has 0 aliphatic carbocycles. The third kappa shape index (κ3) is 3.21. The van der Waals surface area contributed by atoms with Crippen molar-refractivity contribution in [3.8, 4) is 5.75 Å². The summed E-state index contributed by atoms with van der Waals surface area (Å²) in [6.07, 6.45) is 0. The molecule has 1 aromatic rings. The monoisotopic (exact) mass is 231 g/mol. The Balaban J connectivity index is 2.96. The van der Waals surface area contributed by atoms with Crippen molar-refractivity contribution in [1.82, 2.24) is 0 Å². The van der Waals surface area contributed by atoms with Gasteiger partial charge < -0.3 is 4.74 Å². The van der Waals surface area contributed by atoms with Gasteiger partial charge in [0.15, 0.2) is 5.75 Å². The molecule has 0 aromatic heterocycles. The molecule has 0 spiro atoms. The van der Waals surface area contributed by atoms with Crippen LogP contribution in [-0.4, -0.2) is 11.5 Å². The summed E-state index contributed by atoms with van der Waals surface area (Å²) in [5.41, 5.74) is -0.311. The molecular weight excluding hydrogens is 225 g/mol. The summed E-state index contributed by atoms with van der Waals surface area (Å²) in [6.45, 7) is 3.24. The summed E-state index contributed by atoms with van der Waals surface area (Å²) in [5, 5.41) is 10.7. The first-order valence-electron chi connectivity index (χ1n) is 3.90. The van der Waals surface area contributed by atoms with Gasteiger partial charge in [0.05, 0.1) is 4.92 Å². The minimum absolute atomic E-state index is 0.105. The lowest BCUT2D eigenvalue weighted by Gasteiger charge is -2.05.